The molecule has 1 N–H and O–H groups in total. The minimum absolute atomic E-state index is 0.0938. The standard InChI is InChI=1S/C69H104O17/c1-14-15-16-17-18-35-73-68(71)64-23-19-60(20-24-64)63-29-33-67(34-30-63)86-69(72)65-25-21-61(22-26-65)62-27-31-66(32-28-62)85-47-59(13)84-46-58(12)83-45-57(11)82-44-56(10)81-43-55(9)80-42-54(8)79-41-53(7)78-40-52(6)77-39-51(5)76-38-50(4)75-37-49(3)74-36-48(2)70/h19-34,48-59,70H,14-18,35-47H2,1-13H3. The molecule has 0 aromatic heterocycles. The highest BCUT2D eigenvalue weighted by Gasteiger charge is 2.18. The van der Waals surface area contributed by atoms with Crippen LogP contribution in [-0.2, 0) is 56.8 Å². The van der Waals surface area contributed by atoms with Gasteiger partial charge in [0.1, 0.15) is 18.1 Å². The quantitative estimate of drug-likeness (QED) is 0.0250. The second kappa shape index (κ2) is 42.1. The molecule has 86 heavy (non-hydrogen) atoms. The number of carbonyl (C=O) groups excluding carboxylic acids is 2. The van der Waals surface area contributed by atoms with Crippen LogP contribution in [0, 0.1) is 0 Å². The first-order valence-electron chi connectivity index (χ1n) is 31.1. The number of hydrogen-bond donors (Lipinski definition) is 1. The van der Waals surface area contributed by atoms with Crippen molar-refractivity contribution in [1.82, 2.24) is 0 Å². The Morgan fingerprint density at radius 3 is 0.907 bits per heavy atom. The van der Waals surface area contributed by atoms with E-state index < -0.39 is 12.1 Å². The van der Waals surface area contributed by atoms with Gasteiger partial charge in [0.2, 0.25) is 0 Å². The Kier molecular flexibility index (Phi) is 36.1. The first-order valence-corrected chi connectivity index (χ1v) is 31.1. The van der Waals surface area contributed by atoms with Crippen molar-refractivity contribution >= 4 is 11.9 Å². The fourth-order valence-electron chi connectivity index (χ4n) is 8.22. The van der Waals surface area contributed by atoms with Crippen LogP contribution in [0.15, 0.2) is 97.1 Å². The van der Waals surface area contributed by atoms with E-state index in [0.717, 1.165) is 47.3 Å². The maximum absolute atomic E-state index is 13.0. The van der Waals surface area contributed by atoms with Crippen LogP contribution in [0.25, 0.3) is 22.3 Å². The van der Waals surface area contributed by atoms with Gasteiger partial charge in [-0.3, -0.25) is 0 Å². The number of carbonyl (C=O) groups is 2. The van der Waals surface area contributed by atoms with E-state index in [1.165, 1.54) is 12.8 Å². The molecular formula is C69H104O17. The molecule has 0 aliphatic carbocycles. The van der Waals surface area contributed by atoms with Crippen molar-refractivity contribution in [3.63, 3.8) is 0 Å². The van der Waals surface area contributed by atoms with E-state index in [9.17, 15) is 14.7 Å². The molecule has 17 heteroatoms. The number of rotatable bonds is 47. The number of benzene rings is 4. The van der Waals surface area contributed by atoms with Crippen molar-refractivity contribution in [3.05, 3.63) is 108 Å². The van der Waals surface area contributed by atoms with E-state index in [2.05, 4.69) is 6.92 Å². The van der Waals surface area contributed by atoms with E-state index in [1.807, 2.05) is 137 Å². The fraction of sp³-hybridized carbons (Fsp3) is 0.623. The Morgan fingerprint density at radius 2 is 0.593 bits per heavy atom. The van der Waals surface area contributed by atoms with Gasteiger partial charge in [-0.05, 0) is 160 Å². The molecule has 0 saturated heterocycles. The van der Waals surface area contributed by atoms with Crippen LogP contribution in [0.5, 0.6) is 11.5 Å². The number of aliphatic hydroxyl groups is 1. The molecule has 0 aliphatic heterocycles. The summed E-state index contributed by atoms with van der Waals surface area (Å²) < 4.78 is 82.4. The average Bonchev–Trinajstić information content (AvgIpc) is 2.77. The third-order valence-electron chi connectivity index (χ3n) is 13.6. The summed E-state index contributed by atoms with van der Waals surface area (Å²) in [7, 11) is 0. The Balaban J connectivity index is 0.994. The first-order chi connectivity index (χ1) is 41.3. The third kappa shape index (κ3) is 31.9. The first kappa shape index (κ1) is 73.6. The molecule has 12 atom stereocenters. The van der Waals surface area contributed by atoms with E-state index in [4.69, 9.17) is 66.3 Å². The van der Waals surface area contributed by atoms with Gasteiger partial charge < -0.3 is 71.4 Å². The summed E-state index contributed by atoms with van der Waals surface area (Å²) >= 11 is 0. The SMILES string of the molecule is CCCCCCCOC(=O)c1ccc(-c2ccc(OC(=O)c3ccc(-c4ccc(OCC(C)OCC(C)OCC(C)OCC(C)OCC(C)OCC(C)OCC(C)OCC(C)OCC(C)OCC(C)OCC(C)OCC(C)O)cc4)cc3)cc2)cc1. The predicted molar refractivity (Wildman–Crippen MR) is 334 cm³/mol. The van der Waals surface area contributed by atoms with E-state index in [-0.39, 0.29) is 79.7 Å². The molecule has 0 saturated carbocycles. The van der Waals surface area contributed by atoms with Crippen molar-refractivity contribution < 1.29 is 81.0 Å². The minimum Gasteiger partial charge on any atom is -0.491 e. The van der Waals surface area contributed by atoms with Gasteiger partial charge >= 0.3 is 11.9 Å². The summed E-state index contributed by atoms with van der Waals surface area (Å²) in [5.74, 6) is 0.391. The van der Waals surface area contributed by atoms with Gasteiger partial charge in [0, 0.05) is 0 Å². The van der Waals surface area contributed by atoms with Crippen LogP contribution in [0.4, 0.5) is 0 Å². The van der Waals surface area contributed by atoms with Crippen molar-refractivity contribution in [2.45, 2.75) is 195 Å². The zero-order chi connectivity index (χ0) is 62.6. The third-order valence-corrected chi connectivity index (χ3v) is 13.6. The van der Waals surface area contributed by atoms with E-state index in [1.54, 1.807) is 43.3 Å². The normalized spacial score (nSPS) is 16.0. The Labute approximate surface area is 514 Å². The zero-order valence-electron chi connectivity index (χ0n) is 53.9. The largest absolute Gasteiger partial charge is 0.491 e. The van der Waals surface area contributed by atoms with Gasteiger partial charge in [0.05, 0.1) is 164 Å². The monoisotopic (exact) mass is 1200 g/mol. The molecule has 12 unspecified atom stereocenters. The smallest absolute Gasteiger partial charge is 0.343 e. The van der Waals surface area contributed by atoms with Crippen molar-refractivity contribution in [3.8, 4) is 33.8 Å². The summed E-state index contributed by atoms with van der Waals surface area (Å²) in [6, 6.07) is 29.7. The summed E-state index contributed by atoms with van der Waals surface area (Å²) in [5, 5.41) is 9.37. The topological polar surface area (TPSA) is 184 Å². The lowest BCUT2D eigenvalue weighted by Crippen LogP contribution is -2.31. The van der Waals surface area contributed by atoms with Crippen LogP contribution in [0.3, 0.4) is 0 Å². The molecule has 0 radical (unpaired) electrons. The molecule has 0 fully saturated rings. The van der Waals surface area contributed by atoms with E-state index >= 15 is 0 Å². The molecule has 0 spiro atoms. The Bertz CT molecular complexity index is 2380. The molecular weight excluding hydrogens is 1100 g/mol. The summed E-state index contributed by atoms with van der Waals surface area (Å²) in [4.78, 5) is 25.5. The lowest BCUT2D eigenvalue weighted by Gasteiger charge is -2.23. The lowest BCUT2D eigenvalue weighted by atomic mass is 10.0. The van der Waals surface area contributed by atoms with Gasteiger partial charge in [0.15, 0.2) is 0 Å². The highest BCUT2D eigenvalue weighted by atomic mass is 16.6. The summed E-state index contributed by atoms with van der Waals surface area (Å²) in [5.41, 5.74) is 4.75. The van der Waals surface area contributed by atoms with Crippen LogP contribution in [0.2, 0.25) is 0 Å². The number of ether oxygens (including phenoxy) is 14. The summed E-state index contributed by atoms with van der Waals surface area (Å²) in [6.45, 7) is 30.9. The molecule has 0 aliphatic rings. The molecule has 0 amide bonds. The van der Waals surface area contributed by atoms with Crippen molar-refractivity contribution in [2.75, 3.05) is 85.9 Å². The van der Waals surface area contributed by atoms with Crippen molar-refractivity contribution in [1.29, 1.82) is 0 Å². The van der Waals surface area contributed by atoms with Gasteiger partial charge in [-0.25, -0.2) is 9.59 Å². The second-order valence-corrected chi connectivity index (χ2v) is 22.9. The number of unbranched alkanes of at least 4 members (excludes halogenated alkanes) is 4. The van der Waals surface area contributed by atoms with Gasteiger partial charge in [-0.2, -0.15) is 0 Å². The van der Waals surface area contributed by atoms with Crippen molar-refractivity contribution in [2.24, 2.45) is 0 Å². The minimum atomic E-state index is -0.500. The fourth-order valence-corrected chi connectivity index (χ4v) is 8.22. The van der Waals surface area contributed by atoms with Gasteiger partial charge in [-0.15, -0.1) is 0 Å². The average molecular weight is 1210 g/mol. The van der Waals surface area contributed by atoms with Crippen LogP contribution < -0.4 is 9.47 Å². The molecule has 0 bridgehead atoms. The number of hydrogen-bond acceptors (Lipinski definition) is 17. The second-order valence-electron chi connectivity index (χ2n) is 22.9. The number of esters is 2. The molecule has 4 aromatic rings. The van der Waals surface area contributed by atoms with Gasteiger partial charge in [0.25, 0.3) is 0 Å². The van der Waals surface area contributed by atoms with E-state index in [0.29, 0.717) is 96.2 Å². The highest BCUT2D eigenvalue weighted by molar-refractivity contribution is 5.92. The molecule has 482 valence electrons. The number of aliphatic hydroxyl groups excluding tert-OH is 1. The molecule has 4 aromatic carbocycles. The molecule has 4 rings (SSSR count). The highest BCUT2D eigenvalue weighted by Crippen LogP contribution is 2.26. The Hall–Kier alpha value is -4.86. The van der Waals surface area contributed by atoms with Gasteiger partial charge in [-0.1, -0.05) is 81.1 Å². The molecule has 17 nitrogen and oxygen atoms in total. The maximum atomic E-state index is 13.0. The van der Waals surface area contributed by atoms with Crippen LogP contribution in [-0.4, -0.2) is 176 Å². The van der Waals surface area contributed by atoms with Crippen LogP contribution >= 0.6 is 0 Å². The van der Waals surface area contributed by atoms with Crippen LogP contribution in [0.1, 0.15) is 143 Å². The Morgan fingerprint density at radius 1 is 0.326 bits per heavy atom. The summed E-state index contributed by atoms with van der Waals surface area (Å²) in [6.07, 6.45) is 3.66. The zero-order valence-corrected chi connectivity index (χ0v) is 53.9. The maximum Gasteiger partial charge on any atom is 0.343 e. The predicted octanol–water partition coefficient (Wildman–Crippen LogP) is 12.6. The lowest BCUT2D eigenvalue weighted by molar-refractivity contribution is -0.113. The molecule has 0 heterocycles.